The van der Waals surface area contributed by atoms with E-state index in [1.54, 1.807) is 0 Å². The second-order valence-corrected chi connectivity index (χ2v) is 4.82. The van der Waals surface area contributed by atoms with Gasteiger partial charge in [-0.2, -0.15) is 0 Å². The van der Waals surface area contributed by atoms with Crippen molar-refractivity contribution in [1.82, 2.24) is 0 Å². The number of hydrogen-bond acceptors (Lipinski definition) is 1. The van der Waals surface area contributed by atoms with Crippen LogP contribution in [0.15, 0.2) is 0 Å². The third-order valence-electron chi connectivity index (χ3n) is 3.06. The molecule has 0 aliphatic heterocycles. The first-order valence-electron chi connectivity index (χ1n) is 7.12. The van der Waals surface area contributed by atoms with E-state index in [4.69, 9.17) is 0 Å². The number of ketones is 1. The van der Waals surface area contributed by atoms with Gasteiger partial charge < -0.3 is 0 Å². The van der Waals surface area contributed by atoms with E-state index in [1.807, 2.05) is 0 Å². The van der Waals surface area contributed by atoms with Gasteiger partial charge in [0.2, 0.25) is 0 Å². The summed E-state index contributed by atoms with van der Waals surface area (Å²) in [6.07, 6.45) is 15.3. The molecular formula is C15H30KO. The zero-order chi connectivity index (χ0) is 12.1. The SMILES string of the molecule is [CH2]C(=O)CCCCCCCCCCCCC.[KH]. The number of rotatable bonds is 12. The summed E-state index contributed by atoms with van der Waals surface area (Å²) < 4.78 is 0. The molecule has 0 fully saturated rings. The Kier molecular flexibility index (Phi) is 21.0. The van der Waals surface area contributed by atoms with Crippen LogP contribution in [-0.4, -0.2) is 57.2 Å². The quantitative estimate of drug-likeness (QED) is 0.376. The van der Waals surface area contributed by atoms with Crippen molar-refractivity contribution in [2.75, 3.05) is 0 Å². The van der Waals surface area contributed by atoms with Crippen LogP contribution in [0.25, 0.3) is 0 Å². The Hall–Kier alpha value is 1.31. The monoisotopic (exact) mass is 265 g/mol. The fourth-order valence-electron chi connectivity index (χ4n) is 1.99. The fraction of sp³-hybridized carbons (Fsp3) is 0.867. The average molecular weight is 266 g/mol. The molecule has 0 unspecified atom stereocenters. The Balaban J connectivity index is 0. The minimum absolute atomic E-state index is 0. The van der Waals surface area contributed by atoms with Gasteiger partial charge in [0.15, 0.2) is 0 Å². The van der Waals surface area contributed by atoms with Crippen LogP contribution in [0.3, 0.4) is 0 Å². The van der Waals surface area contributed by atoms with Crippen LogP contribution in [0.2, 0.25) is 0 Å². The summed E-state index contributed by atoms with van der Waals surface area (Å²) in [5.74, 6) is 0.0934. The van der Waals surface area contributed by atoms with Gasteiger partial charge in [-0.05, 0) is 6.42 Å². The molecule has 0 aromatic rings. The summed E-state index contributed by atoms with van der Waals surface area (Å²) in [7, 11) is 0. The fourth-order valence-corrected chi connectivity index (χ4v) is 1.99. The third kappa shape index (κ3) is 19.8. The normalized spacial score (nSPS) is 10.0. The van der Waals surface area contributed by atoms with Gasteiger partial charge in [0.1, 0.15) is 5.78 Å². The third-order valence-corrected chi connectivity index (χ3v) is 3.06. The van der Waals surface area contributed by atoms with Crippen LogP contribution in [0.5, 0.6) is 0 Å². The van der Waals surface area contributed by atoms with E-state index in [0.717, 1.165) is 6.42 Å². The van der Waals surface area contributed by atoms with Crippen LogP contribution in [0, 0.1) is 6.92 Å². The molecule has 0 amide bonds. The van der Waals surface area contributed by atoms with Crippen molar-refractivity contribution < 1.29 is 4.79 Å². The molecule has 0 heterocycles. The molecule has 2 heteroatoms. The Labute approximate surface area is 151 Å². The van der Waals surface area contributed by atoms with Crippen LogP contribution in [0.4, 0.5) is 0 Å². The van der Waals surface area contributed by atoms with E-state index < -0.39 is 0 Å². The number of unbranched alkanes of at least 4 members (excludes halogenated alkanes) is 10. The van der Waals surface area contributed by atoms with Crippen molar-refractivity contribution in [2.24, 2.45) is 0 Å². The molecule has 0 spiro atoms. The first-order chi connectivity index (χ1) is 7.77. The Morgan fingerprint density at radius 3 is 1.47 bits per heavy atom. The molecule has 0 bridgehead atoms. The second-order valence-electron chi connectivity index (χ2n) is 4.82. The first-order valence-corrected chi connectivity index (χ1v) is 7.12. The molecule has 97 valence electrons. The van der Waals surface area contributed by atoms with Crippen LogP contribution >= 0.6 is 0 Å². The Bertz CT molecular complexity index is 157. The van der Waals surface area contributed by atoms with Gasteiger partial charge in [0, 0.05) is 13.3 Å². The summed E-state index contributed by atoms with van der Waals surface area (Å²) in [5, 5.41) is 0. The molecule has 0 aromatic carbocycles. The van der Waals surface area contributed by atoms with E-state index in [-0.39, 0.29) is 57.2 Å². The van der Waals surface area contributed by atoms with Gasteiger partial charge in [0.25, 0.3) is 0 Å². The summed E-state index contributed by atoms with van der Waals surface area (Å²) in [4.78, 5) is 10.6. The molecule has 0 N–H and O–H groups in total. The molecule has 0 aliphatic rings. The number of carbonyl (C=O) groups excluding carboxylic acids is 1. The number of carbonyl (C=O) groups is 1. The van der Waals surface area contributed by atoms with E-state index in [0.29, 0.717) is 6.42 Å². The van der Waals surface area contributed by atoms with Crippen molar-refractivity contribution in [3.8, 4) is 0 Å². The van der Waals surface area contributed by atoms with Crippen molar-refractivity contribution in [1.29, 1.82) is 0 Å². The predicted molar refractivity (Wildman–Crippen MR) is 78.6 cm³/mol. The van der Waals surface area contributed by atoms with E-state index in [2.05, 4.69) is 13.8 Å². The zero-order valence-electron chi connectivity index (χ0n) is 11.1. The van der Waals surface area contributed by atoms with Gasteiger partial charge in [0.05, 0.1) is 0 Å². The molecule has 1 nitrogen and oxygen atoms in total. The van der Waals surface area contributed by atoms with E-state index >= 15 is 0 Å². The van der Waals surface area contributed by atoms with Crippen LogP contribution in [0.1, 0.15) is 84.0 Å². The zero-order valence-corrected chi connectivity index (χ0v) is 11.1. The summed E-state index contributed by atoms with van der Waals surface area (Å²) >= 11 is 0. The Morgan fingerprint density at radius 1 is 0.765 bits per heavy atom. The molecule has 0 saturated carbocycles. The summed E-state index contributed by atoms with van der Waals surface area (Å²) in [6, 6.07) is 0. The number of hydrogen-bond donors (Lipinski definition) is 0. The van der Waals surface area contributed by atoms with Gasteiger partial charge in [-0.15, -0.1) is 0 Å². The van der Waals surface area contributed by atoms with Gasteiger partial charge in [-0.25, -0.2) is 0 Å². The molecule has 0 aliphatic carbocycles. The average Bonchev–Trinajstić information content (AvgIpc) is 2.25. The molecule has 1 radical (unpaired) electrons. The van der Waals surface area contributed by atoms with Crippen molar-refractivity contribution >= 4 is 57.2 Å². The Morgan fingerprint density at radius 2 is 1.12 bits per heavy atom. The maximum atomic E-state index is 10.6. The van der Waals surface area contributed by atoms with Crippen LogP contribution < -0.4 is 0 Å². The van der Waals surface area contributed by atoms with Gasteiger partial charge >= 0.3 is 51.4 Å². The second kappa shape index (κ2) is 17.3. The van der Waals surface area contributed by atoms with E-state index in [1.165, 1.54) is 64.2 Å². The molecule has 0 saturated heterocycles. The van der Waals surface area contributed by atoms with Crippen molar-refractivity contribution in [2.45, 2.75) is 84.0 Å². The maximum absolute atomic E-state index is 10.6. The summed E-state index contributed by atoms with van der Waals surface area (Å²) in [6.45, 7) is 5.64. The van der Waals surface area contributed by atoms with E-state index in [9.17, 15) is 4.79 Å². The van der Waals surface area contributed by atoms with Gasteiger partial charge in [-0.1, -0.05) is 71.1 Å². The molecule has 0 aromatic heterocycles. The minimum atomic E-state index is 0. The predicted octanol–water partition coefficient (Wildman–Crippen LogP) is 4.44. The van der Waals surface area contributed by atoms with Crippen LogP contribution in [-0.2, 0) is 4.79 Å². The van der Waals surface area contributed by atoms with Gasteiger partial charge in [-0.3, -0.25) is 4.79 Å². The van der Waals surface area contributed by atoms with Crippen molar-refractivity contribution in [3.63, 3.8) is 0 Å². The molecule has 0 atom stereocenters. The molecular weight excluding hydrogens is 235 g/mol. The topological polar surface area (TPSA) is 17.1 Å². The van der Waals surface area contributed by atoms with Crippen molar-refractivity contribution in [3.05, 3.63) is 6.92 Å². The molecule has 17 heavy (non-hydrogen) atoms. The number of Topliss-reactive ketones (excluding diaryl/α,β-unsaturated/α-hetero) is 1. The summed E-state index contributed by atoms with van der Waals surface area (Å²) in [5.41, 5.74) is 0. The first kappa shape index (κ1) is 20.6. The molecule has 0 rings (SSSR count). The standard InChI is InChI=1S/C15H29O.K.H/c1-3-4-5-6-7-8-9-10-11-12-13-14-15(2)16;;/h2-14H2,1H3;;.